The maximum Gasteiger partial charge on any atom is 0.330 e. The average Bonchev–Trinajstić information content (AvgIpc) is 2.06. The molecule has 1 aliphatic rings. The third-order valence-electron chi connectivity index (χ3n) is 2.47. The first-order valence-corrected chi connectivity index (χ1v) is 4.62. The highest BCUT2D eigenvalue weighted by Gasteiger charge is 2.12. The van der Waals surface area contributed by atoms with E-state index in [0.717, 1.165) is 0 Å². The highest BCUT2D eigenvalue weighted by Crippen LogP contribution is 2.25. The SMILES string of the molecule is C/C(=C\C1CCCCC1)C(=O)O. The van der Waals surface area contributed by atoms with E-state index in [1.54, 1.807) is 6.92 Å². The van der Waals surface area contributed by atoms with Gasteiger partial charge < -0.3 is 5.11 Å². The van der Waals surface area contributed by atoms with Gasteiger partial charge >= 0.3 is 5.97 Å². The Labute approximate surface area is 73.3 Å². The Morgan fingerprint density at radius 1 is 1.33 bits per heavy atom. The molecule has 0 bridgehead atoms. The molecule has 1 N–H and O–H groups in total. The van der Waals surface area contributed by atoms with E-state index < -0.39 is 5.97 Å². The summed E-state index contributed by atoms with van der Waals surface area (Å²) in [6.45, 7) is 1.68. The molecule has 0 saturated heterocycles. The minimum Gasteiger partial charge on any atom is -0.478 e. The lowest BCUT2D eigenvalue weighted by Crippen LogP contribution is -2.06. The molecule has 0 radical (unpaired) electrons. The van der Waals surface area contributed by atoms with Crippen molar-refractivity contribution in [2.24, 2.45) is 5.92 Å². The van der Waals surface area contributed by atoms with Crippen LogP contribution in [0, 0.1) is 5.92 Å². The molecule has 0 unspecified atom stereocenters. The van der Waals surface area contributed by atoms with Crippen LogP contribution in [0.1, 0.15) is 39.0 Å². The van der Waals surface area contributed by atoms with Crippen LogP contribution in [0.5, 0.6) is 0 Å². The zero-order chi connectivity index (χ0) is 8.97. The number of aliphatic carboxylic acids is 1. The summed E-state index contributed by atoms with van der Waals surface area (Å²) in [4.78, 5) is 10.5. The first-order valence-electron chi connectivity index (χ1n) is 4.62. The second-order valence-electron chi connectivity index (χ2n) is 3.55. The minimum atomic E-state index is -0.777. The zero-order valence-electron chi connectivity index (χ0n) is 7.55. The standard InChI is InChI=1S/C10H16O2/c1-8(10(11)12)7-9-5-3-2-4-6-9/h7,9H,2-6H2,1H3,(H,11,12)/b8-7+. The van der Waals surface area contributed by atoms with Gasteiger partial charge in [0.05, 0.1) is 0 Å². The molecule has 0 aromatic rings. The molecule has 68 valence electrons. The van der Waals surface area contributed by atoms with Gasteiger partial charge in [-0.25, -0.2) is 4.79 Å². The molecule has 1 rings (SSSR count). The minimum absolute atomic E-state index is 0.502. The summed E-state index contributed by atoms with van der Waals surface area (Å²) in [5.41, 5.74) is 0.502. The molecule has 0 spiro atoms. The van der Waals surface area contributed by atoms with Gasteiger partial charge in [0.1, 0.15) is 0 Å². The second kappa shape index (κ2) is 4.29. The van der Waals surface area contributed by atoms with Crippen LogP contribution in [0.4, 0.5) is 0 Å². The number of hydrogen-bond donors (Lipinski definition) is 1. The van der Waals surface area contributed by atoms with Crippen molar-refractivity contribution in [1.29, 1.82) is 0 Å². The summed E-state index contributed by atoms with van der Waals surface area (Å²) in [5.74, 6) is -0.254. The van der Waals surface area contributed by atoms with E-state index in [-0.39, 0.29) is 0 Å². The number of allylic oxidation sites excluding steroid dienone is 1. The first-order chi connectivity index (χ1) is 5.70. The molecule has 2 heteroatoms. The monoisotopic (exact) mass is 168 g/mol. The Balaban J connectivity index is 2.47. The lowest BCUT2D eigenvalue weighted by molar-refractivity contribution is -0.132. The Hall–Kier alpha value is -0.790. The molecule has 1 fully saturated rings. The van der Waals surface area contributed by atoms with Crippen molar-refractivity contribution in [2.45, 2.75) is 39.0 Å². The lowest BCUT2D eigenvalue weighted by Gasteiger charge is -2.18. The third-order valence-corrected chi connectivity index (χ3v) is 2.47. The molecule has 1 aliphatic carbocycles. The van der Waals surface area contributed by atoms with Gasteiger partial charge in [0, 0.05) is 5.57 Å². The Kier molecular flexibility index (Phi) is 3.32. The van der Waals surface area contributed by atoms with Gasteiger partial charge in [0.15, 0.2) is 0 Å². The fourth-order valence-corrected chi connectivity index (χ4v) is 1.73. The zero-order valence-corrected chi connectivity index (χ0v) is 7.55. The summed E-state index contributed by atoms with van der Waals surface area (Å²) >= 11 is 0. The Bertz CT molecular complexity index is 188. The van der Waals surface area contributed by atoms with Crippen molar-refractivity contribution in [3.63, 3.8) is 0 Å². The second-order valence-corrected chi connectivity index (χ2v) is 3.55. The Morgan fingerprint density at radius 2 is 1.92 bits per heavy atom. The molecular formula is C10H16O2. The molecular weight excluding hydrogens is 152 g/mol. The normalized spacial score (nSPS) is 20.9. The van der Waals surface area contributed by atoms with E-state index >= 15 is 0 Å². The molecule has 2 nitrogen and oxygen atoms in total. The van der Waals surface area contributed by atoms with E-state index in [1.807, 2.05) is 6.08 Å². The van der Waals surface area contributed by atoms with Crippen LogP contribution in [-0.4, -0.2) is 11.1 Å². The molecule has 0 amide bonds. The van der Waals surface area contributed by atoms with Crippen molar-refractivity contribution in [1.82, 2.24) is 0 Å². The van der Waals surface area contributed by atoms with Crippen molar-refractivity contribution >= 4 is 5.97 Å². The van der Waals surface area contributed by atoms with Crippen LogP contribution in [0.3, 0.4) is 0 Å². The third kappa shape index (κ3) is 2.68. The topological polar surface area (TPSA) is 37.3 Å². The van der Waals surface area contributed by atoms with Crippen LogP contribution < -0.4 is 0 Å². The van der Waals surface area contributed by atoms with Crippen molar-refractivity contribution in [2.75, 3.05) is 0 Å². The highest BCUT2D eigenvalue weighted by atomic mass is 16.4. The summed E-state index contributed by atoms with van der Waals surface area (Å²) in [6, 6.07) is 0. The maximum absolute atomic E-state index is 10.5. The molecule has 0 aliphatic heterocycles. The number of carbonyl (C=O) groups is 1. The van der Waals surface area contributed by atoms with Crippen molar-refractivity contribution < 1.29 is 9.90 Å². The number of rotatable bonds is 2. The summed E-state index contributed by atoms with van der Waals surface area (Å²) in [7, 11) is 0. The van der Waals surface area contributed by atoms with Gasteiger partial charge in [-0.05, 0) is 25.7 Å². The number of carboxylic acids is 1. The predicted octanol–water partition coefficient (Wildman–Crippen LogP) is 2.60. The molecule has 0 heterocycles. The van der Waals surface area contributed by atoms with E-state index in [4.69, 9.17) is 5.11 Å². The van der Waals surface area contributed by atoms with Crippen molar-refractivity contribution in [3.8, 4) is 0 Å². The van der Waals surface area contributed by atoms with E-state index in [1.165, 1.54) is 32.1 Å². The van der Waals surface area contributed by atoms with Gasteiger partial charge in [-0.2, -0.15) is 0 Å². The lowest BCUT2D eigenvalue weighted by atomic mass is 9.88. The highest BCUT2D eigenvalue weighted by molar-refractivity contribution is 5.85. The van der Waals surface area contributed by atoms with Crippen LogP contribution >= 0.6 is 0 Å². The summed E-state index contributed by atoms with van der Waals surface area (Å²) in [5, 5.41) is 8.64. The van der Waals surface area contributed by atoms with E-state index in [0.29, 0.717) is 11.5 Å². The fraction of sp³-hybridized carbons (Fsp3) is 0.700. The molecule has 1 saturated carbocycles. The van der Waals surface area contributed by atoms with Crippen molar-refractivity contribution in [3.05, 3.63) is 11.6 Å². The van der Waals surface area contributed by atoms with Crippen LogP contribution in [-0.2, 0) is 4.79 Å². The van der Waals surface area contributed by atoms with Crippen LogP contribution in [0.15, 0.2) is 11.6 Å². The van der Waals surface area contributed by atoms with Gasteiger partial charge in [-0.15, -0.1) is 0 Å². The summed E-state index contributed by atoms with van der Waals surface area (Å²) < 4.78 is 0. The molecule has 0 atom stereocenters. The van der Waals surface area contributed by atoms with E-state index in [2.05, 4.69) is 0 Å². The van der Waals surface area contributed by atoms with Gasteiger partial charge in [-0.3, -0.25) is 0 Å². The smallest absolute Gasteiger partial charge is 0.330 e. The van der Waals surface area contributed by atoms with Gasteiger partial charge in [0.2, 0.25) is 0 Å². The molecule has 0 aromatic carbocycles. The maximum atomic E-state index is 10.5. The Morgan fingerprint density at radius 3 is 2.42 bits per heavy atom. The van der Waals surface area contributed by atoms with Crippen LogP contribution in [0.25, 0.3) is 0 Å². The number of hydrogen-bond acceptors (Lipinski definition) is 1. The molecule has 12 heavy (non-hydrogen) atoms. The predicted molar refractivity (Wildman–Crippen MR) is 48.0 cm³/mol. The fourth-order valence-electron chi connectivity index (χ4n) is 1.73. The van der Waals surface area contributed by atoms with Gasteiger partial charge in [-0.1, -0.05) is 25.3 Å². The van der Waals surface area contributed by atoms with Crippen LogP contribution in [0.2, 0.25) is 0 Å². The largest absolute Gasteiger partial charge is 0.478 e. The average molecular weight is 168 g/mol. The molecule has 0 aromatic heterocycles. The first kappa shape index (κ1) is 9.30. The quantitative estimate of drug-likeness (QED) is 0.643. The summed E-state index contributed by atoms with van der Waals surface area (Å²) in [6.07, 6.45) is 8.09. The van der Waals surface area contributed by atoms with E-state index in [9.17, 15) is 4.79 Å². The van der Waals surface area contributed by atoms with Gasteiger partial charge in [0.25, 0.3) is 0 Å². The number of carboxylic acid groups (broad SMARTS) is 1.